The highest BCUT2D eigenvalue weighted by molar-refractivity contribution is 5.49. The monoisotopic (exact) mass is 241 g/mol. The first kappa shape index (κ1) is 13.8. The van der Waals surface area contributed by atoms with Gasteiger partial charge in [0.2, 0.25) is 0 Å². The van der Waals surface area contributed by atoms with Crippen molar-refractivity contribution in [3.8, 4) is 11.5 Å². The fraction of sp³-hybridized carbons (Fsp3) is 0.500. The van der Waals surface area contributed by atoms with Crippen LogP contribution >= 0.6 is 0 Å². The first-order valence-electron chi connectivity index (χ1n) is 5.25. The fourth-order valence-corrected chi connectivity index (χ4v) is 1.63. The zero-order chi connectivity index (χ0) is 12.7. The molecule has 0 atom stereocenters. The molecule has 1 rings (SSSR count). The van der Waals surface area contributed by atoms with Gasteiger partial charge in [-0.1, -0.05) is 0 Å². The first-order chi connectivity index (χ1) is 8.26. The Morgan fingerprint density at radius 3 is 2.35 bits per heavy atom. The van der Waals surface area contributed by atoms with Crippen LogP contribution in [0.2, 0.25) is 0 Å². The molecule has 0 saturated carbocycles. The topological polar surface area (TPSA) is 49.0 Å². The molecular weight excluding hydrogens is 222 g/mol. The second-order valence-corrected chi connectivity index (χ2v) is 3.45. The van der Waals surface area contributed by atoms with E-state index in [9.17, 15) is 0 Å². The summed E-state index contributed by atoms with van der Waals surface area (Å²) in [5.41, 5.74) is 4.77. The van der Waals surface area contributed by atoms with Crippen molar-refractivity contribution < 1.29 is 19.0 Å². The first-order valence-corrected chi connectivity index (χ1v) is 5.25. The van der Waals surface area contributed by atoms with Crippen molar-refractivity contribution in [3.63, 3.8) is 0 Å². The number of nitrogens with one attached hydrogen (secondary N) is 1. The molecule has 0 aromatic heterocycles. The van der Waals surface area contributed by atoms with Crippen molar-refractivity contribution in [2.24, 2.45) is 0 Å². The number of hydrogen-bond acceptors (Lipinski definition) is 5. The molecule has 0 unspecified atom stereocenters. The Kier molecular flexibility index (Phi) is 5.76. The van der Waals surface area contributed by atoms with Crippen LogP contribution in [-0.4, -0.2) is 28.4 Å². The van der Waals surface area contributed by atoms with Gasteiger partial charge in [0.1, 0.15) is 0 Å². The van der Waals surface area contributed by atoms with Crippen LogP contribution in [0.1, 0.15) is 11.1 Å². The van der Waals surface area contributed by atoms with Gasteiger partial charge in [0.05, 0.1) is 27.9 Å². The Labute approximate surface area is 102 Å². The van der Waals surface area contributed by atoms with Gasteiger partial charge in [-0.2, -0.15) is 5.48 Å². The Morgan fingerprint density at radius 2 is 1.82 bits per heavy atom. The largest absolute Gasteiger partial charge is 0.493 e. The SMILES string of the molecule is COCc1cc(CNOC)cc(OC)c1OC. The van der Waals surface area contributed by atoms with E-state index in [2.05, 4.69) is 5.48 Å². The molecule has 0 amide bonds. The summed E-state index contributed by atoms with van der Waals surface area (Å²) in [4.78, 5) is 4.82. The van der Waals surface area contributed by atoms with Crippen LogP contribution < -0.4 is 15.0 Å². The van der Waals surface area contributed by atoms with Gasteiger partial charge in [0.15, 0.2) is 11.5 Å². The van der Waals surface area contributed by atoms with Crippen LogP contribution in [0.5, 0.6) is 11.5 Å². The van der Waals surface area contributed by atoms with Crippen LogP contribution in [0.15, 0.2) is 12.1 Å². The molecule has 0 fully saturated rings. The molecule has 0 aliphatic rings. The van der Waals surface area contributed by atoms with Crippen molar-refractivity contribution in [2.75, 3.05) is 28.4 Å². The summed E-state index contributed by atoms with van der Waals surface area (Å²) in [7, 11) is 6.45. The van der Waals surface area contributed by atoms with E-state index in [4.69, 9.17) is 19.0 Å². The molecule has 0 aliphatic carbocycles. The standard InChI is InChI=1S/C12H19NO4/c1-14-8-10-5-9(7-13-17-4)6-11(15-2)12(10)16-3/h5-6,13H,7-8H2,1-4H3. The third-order valence-corrected chi connectivity index (χ3v) is 2.34. The highest BCUT2D eigenvalue weighted by Crippen LogP contribution is 2.33. The van der Waals surface area contributed by atoms with E-state index in [0.717, 1.165) is 11.1 Å². The minimum atomic E-state index is 0.473. The van der Waals surface area contributed by atoms with E-state index in [-0.39, 0.29) is 0 Å². The predicted molar refractivity (Wildman–Crippen MR) is 64.1 cm³/mol. The molecular formula is C12H19NO4. The molecule has 1 aromatic carbocycles. The van der Waals surface area contributed by atoms with E-state index >= 15 is 0 Å². The van der Waals surface area contributed by atoms with Gasteiger partial charge in [0, 0.05) is 19.2 Å². The number of methoxy groups -OCH3 is 3. The van der Waals surface area contributed by atoms with Crippen molar-refractivity contribution in [1.82, 2.24) is 5.48 Å². The van der Waals surface area contributed by atoms with Gasteiger partial charge in [-0.3, -0.25) is 0 Å². The molecule has 0 spiro atoms. The lowest BCUT2D eigenvalue weighted by molar-refractivity contribution is 0.0866. The van der Waals surface area contributed by atoms with Gasteiger partial charge in [-0.25, -0.2) is 0 Å². The Hall–Kier alpha value is -1.30. The molecule has 1 aromatic rings. The Bertz CT molecular complexity index is 355. The number of rotatable bonds is 7. The predicted octanol–water partition coefficient (Wildman–Crippen LogP) is 1.50. The van der Waals surface area contributed by atoms with Crippen LogP contribution in [0.3, 0.4) is 0 Å². The zero-order valence-electron chi connectivity index (χ0n) is 10.7. The lowest BCUT2D eigenvalue weighted by atomic mass is 10.1. The quantitative estimate of drug-likeness (QED) is 0.733. The molecule has 96 valence electrons. The minimum absolute atomic E-state index is 0.473. The number of hydrogen-bond donors (Lipinski definition) is 1. The van der Waals surface area contributed by atoms with E-state index in [1.54, 1.807) is 28.4 Å². The summed E-state index contributed by atoms with van der Waals surface area (Å²) < 4.78 is 15.8. The van der Waals surface area contributed by atoms with Crippen molar-refractivity contribution in [1.29, 1.82) is 0 Å². The number of ether oxygens (including phenoxy) is 3. The Morgan fingerprint density at radius 1 is 1.06 bits per heavy atom. The lowest BCUT2D eigenvalue weighted by Gasteiger charge is -2.14. The maximum atomic E-state index is 5.32. The third kappa shape index (κ3) is 3.59. The Balaban J connectivity index is 3.05. The van der Waals surface area contributed by atoms with E-state index in [0.29, 0.717) is 24.7 Å². The molecule has 0 aliphatic heterocycles. The highest BCUT2D eigenvalue weighted by Gasteiger charge is 2.12. The summed E-state index contributed by atoms with van der Waals surface area (Å²) in [6, 6.07) is 3.90. The zero-order valence-corrected chi connectivity index (χ0v) is 10.7. The molecule has 0 bridgehead atoms. The summed E-state index contributed by atoms with van der Waals surface area (Å²) in [6.45, 7) is 1.06. The van der Waals surface area contributed by atoms with Gasteiger partial charge < -0.3 is 19.0 Å². The van der Waals surface area contributed by atoms with Crippen LogP contribution in [-0.2, 0) is 22.7 Å². The normalized spacial score (nSPS) is 10.4. The fourth-order valence-electron chi connectivity index (χ4n) is 1.63. The molecule has 0 radical (unpaired) electrons. The lowest BCUT2D eigenvalue weighted by Crippen LogP contribution is -2.11. The minimum Gasteiger partial charge on any atom is -0.493 e. The van der Waals surface area contributed by atoms with Crippen molar-refractivity contribution in [2.45, 2.75) is 13.2 Å². The van der Waals surface area contributed by atoms with Crippen LogP contribution in [0, 0.1) is 0 Å². The van der Waals surface area contributed by atoms with Gasteiger partial charge in [0.25, 0.3) is 0 Å². The maximum Gasteiger partial charge on any atom is 0.166 e. The smallest absolute Gasteiger partial charge is 0.166 e. The summed E-state index contributed by atoms with van der Waals surface area (Å²) in [6.07, 6.45) is 0. The molecule has 5 nitrogen and oxygen atoms in total. The van der Waals surface area contributed by atoms with Gasteiger partial charge >= 0.3 is 0 Å². The second-order valence-electron chi connectivity index (χ2n) is 3.45. The summed E-state index contributed by atoms with van der Waals surface area (Å²) in [5.74, 6) is 1.39. The summed E-state index contributed by atoms with van der Waals surface area (Å²) in [5, 5.41) is 0. The average molecular weight is 241 g/mol. The van der Waals surface area contributed by atoms with Gasteiger partial charge in [-0.05, 0) is 17.7 Å². The van der Waals surface area contributed by atoms with E-state index in [1.165, 1.54) is 0 Å². The number of benzene rings is 1. The molecule has 17 heavy (non-hydrogen) atoms. The molecule has 5 heteroatoms. The van der Waals surface area contributed by atoms with E-state index in [1.807, 2.05) is 12.1 Å². The van der Waals surface area contributed by atoms with Crippen molar-refractivity contribution >= 4 is 0 Å². The summed E-state index contributed by atoms with van der Waals surface area (Å²) >= 11 is 0. The molecule has 1 N–H and O–H groups in total. The van der Waals surface area contributed by atoms with Crippen molar-refractivity contribution in [3.05, 3.63) is 23.3 Å². The molecule has 0 heterocycles. The second kappa shape index (κ2) is 7.11. The van der Waals surface area contributed by atoms with Gasteiger partial charge in [-0.15, -0.1) is 0 Å². The third-order valence-electron chi connectivity index (χ3n) is 2.34. The maximum absolute atomic E-state index is 5.32. The van der Waals surface area contributed by atoms with E-state index < -0.39 is 0 Å². The van der Waals surface area contributed by atoms with Crippen LogP contribution in [0.25, 0.3) is 0 Å². The molecule has 0 saturated heterocycles. The number of hydroxylamine groups is 1. The van der Waals surface area contributed by atoms with Crippen LogP contribution in [0.4, 0.5) is 0 Å². The average Bonchev–Trinajstić information content (AvgIpc) is 2.36. The highest BCUT2D eigenvalue weighted by atomic mass is 16.6.